The number of aliphatic hydroxyl groups is 1. The minimum Gasteiger partial charge on any atom is -0.378 e. The third kappa shape index (κ3) is 6.45. The number of hydrogen-bond acceptors (Lipinski definition) is 4. The Kier molecular flexibility index (Phi) is 8.42. The van der Waals surface area contributed by atoms with Gasteiger partial charge in [0.2, 0.25) is 0 Å². The molecule has 0 aromatic carbocycles. The molecule has 29 heavy (non-hydrogen) atoms. The lowest BCUT2D eigenvalue weighted by Gasteiger charge is -2.36. The van der Waals surface area contributed by atoms with Crippen LogP contribution in [0.5, 0.6) is 0 Å². The maximum Gasteiger partial charge on any atom is 0.134 e. The Balaban J connectivity index is 1.51. The number of ether oxygens (including phenoxy) is 1. The summed E-state index contributed by atoms with van der Waals surface area (Å²) >= 11 is 6.38. The van der Waals surface area contributed by atoms with Crippen LogP contribution < -0.4 is 5.32 Å². The zero-order valence-electron chi connectivity index (χ0n) is 16.5. The first-order valence-corrected chi connectivity index (χ1v) is 10.9. The van der Waals surface area contributed by atoms with E-state index in [9.17, 15) is 18.7 Å². The van der Waals surface area contributed by atoms with Gasteiger partial charge in [-0.3, -0.25) is 5.32 Å². The zero-order valence-corrected chi connectivity index (χ0v) is 17.2. The smallest absolute Gasteiger partial charge is 0.134 e. The number of aldehydes is 1. The quantitative estimate of drug-likeness (QED) is 0.266. The molecule has 0 saturated heterocycles. The normalized spacial score (nSPS) is 36.3. The number of carbonyl (C=O) groups excluding carboxylic acids is 1. The van der Waals surface area contributed by atoms with E-state index < -0.39 is 24.6 Å². The van der Waals surface area contributed by atoms with Crippen LogP contribution in [0.2, 0.25) is 0 Å². The predicted octanol–water partition coefficient (Wildman–Crippen LogP) is 3.93. The van der Waals surface area contributed by atoms with Gasteiger partial charge in [-0.1, -0.05) is 23.8 Å². The molecule has 3 aliphatic rings. The summed E-state index contributed by atoms with van der Waals surface area (Å²) in [6, 6.07) is -0.511. The average molecular weight is 430 g/mol. The highest BCUT2D eigenvalue weighted by Crippen LogP contribution is 2.30. The summed E-state index contributed by atoms with van der Waals surface area (Å²) < 4.78 is 33.8. The predicted molar refractivity (Wildman–Crippen MR) is 109 cm³/mol. The van der Waals surface area contributed by atoms with Gasteiger partial charge in [-0.15, -0.1) is 11.6 Å². The van der Waals surface area contributed by atoms with Crippen LogP contribution in [0.25, 0.3) is 0 Å². The molecular weight excluding hydrogens is 400 g/mol. The summed E-state index contributed by atoms with van der Waals surface area (Å²) in [6.45, 7) is 0.373. The minimum atomic E-state index is -1.25. The Bertz CT molecular complexity index is 654. The second-order valence-electron chi connectivity index (χ2n) is 8.22. The Labute approximate surface area is 176 Å². The minimum absolute atomic E-state index is 0.223. The monoisotopic (exact) mass is 429 g/mol. The van der Waals surface area contributed by atoms with Gasteiger partial charge in [0.25, 0.3) is 0 Å². The highest BCUT2D eigenvalue weighted by molar-refractivity contribution is 6.22. The maximum absolute atomic E-state index is 14.4. The molecule has 0 spiro atoms. The number of aliphatic hydroxyl groups excluding tert-OH is 1. The van der Waals surface area contributed by atoms with E-state index in [0.29, 0.717) is 38.7 Å². The number of alkyl halides is 3. The van der Waals surface area contributed by atoms with Crippen molar-refractivity contribution >= 4 is 17.9 Å². The third-order valence-electron chi connectivity index (χ3n) is 5.99. The number of nitrogens with one attached hydrogen (secondary N) is 1. The van der Waals surface area contributed by atoms with Crippen molar-refractivity contribution in [2.24, 2.45) is 5.92 Å². The summed E-state index contributed by atoms with van der Waals surface area (Å²) in [7, 11) is 0. The number of allylic oxidation sites excluding steroid dienone is 3. The van der Waals surface area contributed by atoms with Crippen molar-refractivity contribution < 1.29 is 23.4 Å². The van der Waals surface area contributed by atoms with Gasteiger partial charge in [0.05, 0.1) is 18.1 Å². The van der Waals surface area contributed by atoms with Crippen molar-refractivity contribution in [3.63, 3.8) is 0 Å². The van der Waals surface area contributed by atoms with Crippen molar-refractivity contribution in [1.82, 2.24) is 5.32 Å². The lowest BCUT2D eigenvalue weighted by molar-refractivity contribution is -0.107. The van der Waals surface area contributed by atoms with Crippen LogP contribution in [0.4, 0.5) is 8.78 Å². The first-order valence-electron chi connectivity index (χ1n) is 10.4. The van der Waals surface area contributed by atoms with Crippen molar-refractivity contribution in [1.29, 1.82) is 0 Å². The summed E-state index contributed by atoms with van der Waals surface area (Å²) in [5, 5.41) is 13.3. The van der Waals surface area contributed by atoms with Crippen molar-refractivity contribution in [3.05, 3.63) is 35.5 Å². The van der Waals surface area contributed by atoms with E-state index in [4.69, 9.17) is 16.3 Å². The Morgan fingerprint density at radius 3 is 2.86 bits per heavy atom. The topological polar surface area (TPSA) is 58.6 Å². The summed E-state index contributed by atoms with van der Waals surface area (Å²) in [4.78, 5) is 10.6. The number of carbonyl (C=O) groups is 1. The number of rotatable bonds is 8. The second kappa shape index (κ2) is 10.8. The van der Waals surface area contributed by atoms with E-state index in [-0.39, 0.29) is 23.8 Å². The van der Waals surface area contributed by atoms with Gasteiger partial charge in [0.1, 0.15) is 24.9 Å². The lowest BCUT2D eigenvalue weighted by Crippen LogP contribution is -2.50. The van der Waals surface area contributed by atoms with E-state index >= 15 is 0 Å². The molecule has 0 radical (unpaired) electrons. The molecule has 7 unspecified atom stereocenters. The molecule has 0 aromatic heterocycles. The molecule has 4 nitrogen and oxygen atoms in total. The molecule has 0 heterocycles. The molecule has 0 aromatic rings. The van der Waals surface area contributed by atoms with E-state index in [1.807, 2.05) is 12.2 Å². The van der Waals surface area contributed by atoms with Crippen molar-refractivity contribution in [2.75, 3.05) is 6.61 Å². The molecule has 7 atom stereocenters. The summed E-state index contributed by atoms with van der Waals surface area (Å²) in [5.74, 6) is -0.325. The average Bonchev–Trinajstić information content (AvgIpc) is 2.69. The van der Waals surface area contributed by atoms with Gasteiger partial charge in [-0.2, -0.15) is 0 Å². The standard InChI is InChI=1S/C22H30ClF2NO3/c23-19-6-5-17(29-13-15-2-1-3-16(24)10-15)12-18(19)22(28)26-21-7-4-14(8-9-27)11-20(21)25/h2,5-6,9,11,16-22,26,28H,1,3-4,7-8,10,12-13H2. The fourth-order valence-electron chi connectivity index (χ4n) is 4.27. The van der Waals surface area contributed by atoms with Gasteiger partial charge in [0.15, 0.2) is 0 Å². The molecule has 3 rings (SSSR count). The zero-order chi connectivity index (χ0) is 20.8. The largest absolute Gasteiger partial charge is 0.378 e. The van der Waals surface area contributed by atoms with Crippen molar-refractivity contribution in [3.8, 4) is 0 Å². The molecule has 0 aliphatic heterocycles. The molecule has 0 amide bonds. The highest BCUT2D eigenvalue weighted by atomic mass is 35.5. The Morgan fingerprint density at radius 2 is 2.14 bits per heavy atom. The van der Waals surface area contributed by atoms with E-state index in [0.717, 1.165) is 23.9 Å². The lowest BCUT2D eigenvalue weighted by atomic mass is 9.88. The highest BCUT2D eigenvalue weighted by Gasteiger charge is 2.35. The molecular formula is C22H30ClF2NO3. The molecule has 7 heteroatoms. The fourth-order valence-corrected chi connectivity index (χ4v) is 4.59. The van der Waals surface area contributed by atoms with Crippen LogP contribution in [-0.2, 0) is 9.53 Å². The van der Waals surface area contributed by atoms with E-state index in [2.05, 4.69) is 5.32 Å². The first-order chi connectivity index (χ1) is 14.0. The SMILES string of the molecule is O=CCC1=CC(F)C(NC(O)C2CC(OCC3=CCCC(F)C3)C=CC2Cl)CC1. The van der Waals surface area contributed by atoms with E-state index in [1.165, 1.54) is 6.08 Å². The van der Waals surface area contributed by atoms with Crippen molar-refractivity contribution in [2.45, 2.75) is 81.0 Å². The van der Waals surface area contributed by atoms with Crippen LogP contribution in [-0.4, -0.2) is 54.1 Å². The molecule has 3 aliphatic carbocycles. The molecule has 0 fully saturated rings. The van der Waals surface area contributed by atoms with Gasteiger partial charge in [0, 0.05) is 24.8 Å². The molecule has 0 saturated carbocycles. The van der Waals surface area contributed by atoms with Gasteiger partial charge < -0.3 is 14.6 Å². The van der Waals surface area contributed by atoms with E-state index in [1.54, 1.807) is 6.08 Å². The van der Waals surface area contributed by atoms with Crippen LogP contribution in [0.15, 0.2) is 35.5 Å². The second-order valence-corrected chi connectivity index (χ2v) is 8.72. The Morgan fingerprint density at radius 1 is 1.31 bits per heavy atom. The first kappa shape index (κ1) is 22.6. The number of hydrogen-bond donors (Lipinski definition) is 2. The summed E-state index contributed by atoms with van der Waals surface area (Å²) in [6.07, 6.45) is 8.38. The van der Waals surface area contributed by atoms with Gasteiger partial charge in [-0.05, 0) is 43.8 Å². The van der Waals surface area contributed by atoms with Gasteiger partial charge >= 0.3 is 0 Å². The molecule has 2 N–H and O–H groups in total. The third-order valence-corrected chi connectivity index (χ3v) is 6.46. The molecule has 0 bridgehead atoms. The van der Waals surface area contributed by atoms with Crippen LogP contribution in [0, 0.1) is 5.92 Å². The fraction of sp³-hybridized carbons (Fsp3) is 0.682. The summed E-state index contributed by atoms with van der Waals surface area (Å²) in [5.41, 5.74) is 1.78. The van der Waals surface area contributed by atoms with Crippen LogP contribution in [0.1, 0.15) is 44.9 Å². The van der Waals surface area contributed by atoms with Gasteiger partial charge in [-0.25, -0.2) is 8.78 Å². The Hall–Kier alpha value is -1.08. The maximum atomic E-state index is 14.4. The number of halogens is 3. The molecule has 162 valence electrons. The van der Waals surface area contributed by atoms with Crippen LogP contribution >= 0.6 is 11.6 Å². The van der Waals surface area contributed by atoms with Crippen LogP contribution in [0.3, 0.4) is 0 Å².